The van der Waals surface area contributed by atoms with Crippen molar-refractivity contribution in [2.75, 3.05) is 19.8 Å². The summed E-state index contributed by atoms with van der Waals surface area (Å²) < 4.78 is 12.8. The van der Waals surface area contributed by atoms with Crippen molar-refractivity contribution in [3.8, 4) is 5.75 Å². The fourth-order valence-corrected chi connectivity index (χ4v) is 4.01. The molecule has 0 spiro atoms. The Morgan fingerprint density at radius 2 is 1.97 bits per heavy atom. The van der Waals surface area contributed by atoms with Gasteiger partial charge in [0.1, 0.15) is 5.75 Å². The molecule has 1 heterocycles. The lowest BCUT2D eigenvalue weighted by atomic mass is 9.84. The minimum atomic E-state index is -1.21. The number of aliphatic imine (C=N–C) groups is 1. The van der Waals surface area contributed by atoms with E-state index in [9.17, 15) is 4.79 Å². The van der Waals surface area contributed by atoms with E-state index in [0.717, 1.165) is 15.6 Å². The zero-order chi connectivity index (χ0) is 23.0. The molecule has 0 aromatic heterocycles. The highest BCUT2D eigenvalue weighted by Crippen LogP contribution is 2.44. The Labute approximate surface area is 196 Å². The zero-order valence-electron chi connectivity index (χ0n) is 17.8. The Morgan fingerprint density at radius 1 is 1.22 bits per heavy atom. The first kappa shape index (κ1) is 23.8. The molecule has 2 aromatic carbocycles. The molecule has 0 fully saturated rings. The summed E-state index contributed by atoms with van der Waals surface area (Å²) in [6.07, 6.45) is 3.54. The van der Waals surface area contributed by atoms with Gasteiger partial charge in [0.15, 0.2) is 11.6 Å². The standard InChI is InChI=1S/C25H27BrN2O4/c1-3-14-25(24(30)27-15-4-2)22(20-8-5-6-9-21(20)26)32-23(28-25)18-10-12-19(13-11-18)31-17-7-16-29/h3-6,8-13,22,29H,1-2,7,14-17H2,(H,27,30)/t22-,25-/m1/s1. The maximum Gasteiger partial charge on any atom is 0.252 e. The Hall–Kier alpha value is -2.90. The fourth-order valence-electron chi connectivity index (χ4n) is 3.52. The van der Waals surface area contributed by atoms with E-state index in [0.29, 0.717) is 37.6 Å². The molecule has 0 radical (unpaired) electrons. The quantitative estimate of drug-likeness (QED) is 0.356. The molecule has 168 valence electrons. The average molecular weight is 499 g/mol. The van der Waals surface area contributed by atoms with Crippen molar-refractivity contribution in [3.05, 3.63) is 89.4 Å². The first-order valence-electron chi connectivity index (χ1n) is 10.4. The van der Waals surface area contributed by atoms with E-state index in [4.69, 9.17) is 19.6 Å². The van der Waals surface area contributed by atoms with Crippen LogP contribution in [-0.2, 0) is 9.53 Å². The second kappa shape index (κ2) is 11.1. The van der Waals surface area contributed by atoms with Gasteiger partial charge in [-0.05, 0) is 30.3 Å². The number of hydrogen-bond donors (Lipinski definition) is 2. The van der Waals surface area contributed by atoms with Crippen molar-refractivity contribution >= 4 is 27.7 Å². The number of amides is 1. The number of aliphatic hydroxyl groups is 1. The summed E-state index contributed by atoms with van der Waals surface area (Å²) in [4.78, 5) is 18.2. The smallest absolute Gasteiger partial charge is 0.252 e. The predicted molar refractivity (Wildman–Crippen MR) is 129 cm³/mol. The van der Waals surface area contributed by atoms with E-state index >= 15 is 0 Å². The molecule has 1 aliphatic heterocycles. The molecule has 3 rings (SSSR count). The molecule has 1 amide bonds. The number of ether oxygens (including phenoxy) is 2. The van der Waals surface area contributed by atoms with Crippen molar-refractivity contribution in [1.29, 1.82) is 0 Å². The zero-order valence-corrected chi connectivity index (χ0v) is 19.4. The Morgan fingerprint density at radius 3 is 2.62 bits per heavy atom. The molecule has 0 saturated carbocycles. The number of nitrogens with one attached hydrogen (secondary N) is 1. The molecule has 0 bridgehead atoms. The van der Waals surface area contributed by atoms with Crippen LogP contribution in [0.5, 0.6) is 5.75 Å². The first-order chi connectivity index (χ1) is 15.6. The number of carbonyl (C=O) groups is 1. The van der Waals surface area contributed by atoms with Gasteiger partial charge in [-0.3, -0.25) is 4.79 Å². The van der Waals surface area contributed by atoms with E-state index in [1.165, 1.54) is 0 Å². The summed E-state index contributed by atoms with van der Waals surface area (Å²) >= 11 is 3.59. The summed E-state index contributed by atoms with van der Waals surface area (Å²) in [5, 5.41) is 11.8. The molecule has 1 aliphatic rings. The van der Waals surface area contributed by atoms with Crippen LogP contribution in [0, 0.1) is 0 Å². The van der Waals surface area contributed by atoms with Gasteiger partial charge in [-0.2, -0.15) is 0 Å². The lowest BCUT2D eigenvalue weighted by Crippen LogP contribution is -2.48. The number of aliphatic hydroxyl groups excluding tert-OH is 1. The number of benzene rings is 2. The van der Waals surface area contributed by atoms with Crippen molar-refractivity contribution in [2.24, 2.45) is 4.99 Å². The molecule has 0 unspecified atom stereocenters. The van der Waals surface area contributed by atoms with Crippen LogP contribution >= 0.6 is 15.9 Å². The van der Waals surface area contributed by atoms with E-state index in [1.54, 1.807) is 12.2 Å². The SMILES string of the molecule is C=CCNC(=O)[C@]1(CC=C)N=C(c2ccc(OCCCO)cc2)O[C@@H]1c1ccccc1Br. The van der Waals surface area contributed by atoms with Crippen molar-refractivity contribution < 1.29 is 19.4 Å². The largest absolute Gasteiger partial charge is 0.494 e. The molecular formula is C25H27BrN2O4. The molecular weight excluding hydrogens is 472 g/mol. The van der Waals surface area contributed by atoms with Gasteiger partial charge < -0.3 is 19.9 Å². The maximum atomic E-state index is 13.3. The lowest BCUT2D eigenvalue weighted by molar-refractivity contribution is -0.128. The first-order valence-corrected chi connectivity index (χ1v) is 11.2. The van der Waals surface area contributed by atoms with Crippen LogP contribution in [0.15, 0.2) is 83.3 Å². The second-order valence-corrected chi connectivity index (χ2v) is 8.16. The third kappa shape index (κ3) is 5.11. The topological polar surface area (TPSA) is 80.2 Å². The normalized spacial score (nSPS) is 19.6. The van der Waals surface area contributed by atoms with E-state index in [1.807, 2.05) is 48.5 Å². The Kier molecular flexibility index (Phi) is 8.25. The molecule has 32 heavy (non-hydrogen) atoms. The Bertz CT molecular complexity index is 990. The summed E-state index contributed by atoms with van der Waals surface area (Å²) in [6.45, 7) is 8.38. The van der Waals surface area contributed by atoms with Crippen molar-refractivity contribution in [1.82, 2.24) is 5.32 Å². The van der Waals surface area contributed by atoms with Gasteiger partial charge >= 0.3 is 0 Å². The minimum absolute atomic E-state index is 0.0818. The van der Waals surface area contributed by atoms with Crippen LogP contribution in [0.2, 0.25) is 0 Å². The highest BCUT2D eigenvalue weighted by Gasteiger charge is 2.52. The molecule has 0 saturated heterocycles. The second-order valence-electron chi connectivity index (χ2n) is 7.30. The Balaban J connectivity index is 1.99. The molecule has 2 N–H and O–H groups in total. The number of hydrogen-bond acceptors (Lipinski definition) is 5. The average Bonchev–Trinajstić information content (AvgIpc) is 3.19. The molecule has 2 atom stereocenters. The minimum Gasteiger partial charge on any atom is -0.494 e. The molecule has 0 aliphatic carbocycles. The summed E-state index contributed by atoms with van der Waals surface area (Å²) in [6, 6.07) is 15.0. The fraction of sp³-hybridized carbons (Fsp3) is 0.280. The lowest BCUT2D eigenvalue weighted by Gasteiger charge is -2.30. The van der Waals surface area contributed by atoms with Gasteiger partial charge in [0.05, 0.1) is 6.61 Å². The molecule has 7 heteroatoms. The highest BCUT2D eigenvalue weighted by molar-refractivity contribution is 9.10. The maximum absolute atomic E-state index is 13.3. The number of halogens is 1. The monoisotopic (exact) mass is 498 g/mol. The van der Waals surface area contributed by atoms with Gasteiger partial charge in [-0.25, -0.2) is 4.99 Å². The van der Waals surface area contributed by atoms with E-state index in [2.05, 4.69) is 34.4 Å². The third-order valence-electron chi connectivity index (χ3n) is 5.08. The van der Waals surface area contributed by atoms with Gasteiger partial charge in [0.25, 0.3) is 5.91 Å². The predicted octanol–water partition coefficient (Wildman–Crippen LogP) is 4.35. The molecule has 2 aromatic rings. The number of nitrogens with zero attached hydrogens (tertiary/aromatic N) is 1. The van der Waals surface area contributed by atoms with Crippen molar-refractivity contribution in [3.63, 3.8) is 0 Å². The van der Waals surface area contributed by atoms with Gasteiger partial charge in [-0.15, -0.1) is 13.2 Å². The van der Waals surface area contributed by atoms with E-state index < -0.39 is 11.6 Å². The van der Waals surface area contributed by atoms with Crippen LogP contribution in [0.25, 0.3) is 0 Å². The summed E-state index contributed by atoms with van der Waals surface area (Å²) in [7, 11) is 0. The number of rotatable bonds is 11. The molecule has 6 nitrogen and oxygen atoms in total. The van der Waals surface area contributed by atoms with Gasteiger partial charge in [0.2, 0.25) is 5.90 Å². The van der Waals surface area contributed by atoms with Crippen LogP contribution in [0.1, 0.15) is 30.1 Å². The third-order valence-corrected chi connectivity index (χ3v) is 5.80. The van der Waals surface area contributed by atoms with Crippen LogP contribution in [0.3, 0.4) is 0 Å². The van der Waals surface area contributed by atoms with E-state index in [-0.39, 0.29) is 12.5 Å². The van der Waals surface area contributed by atoms with Gasteiger partial charge in [-0.1, -0.05) is 46.3 Å². The van der Waals surface area contributed by atoms with Crippen LogP contribution in [-0.4, -0.2) is 42.2 Å². The highest BCUT2D eigenvalue weighted by atomic mass is 79.9. The number of carbonyl (C=O) groups excluding carboxylic acids is 1. The summed E-state index contributed by atoms with van der Waals surface area (Å²) in [5.74, 6) is 0.810. The van der Waals surface area contributed by atoms with Gasteiger partial charge in [0, 0.05) is 41.6 Å². The van der Waals surface area contributed by atoms with Crippen molar-refractivity contribution in [2.45, 2.75) is 24.5 Å². The summed E-state index contributed by atoms with van der Waals surface area (Å²) in [5.41, 5.74) is 0.352. The van der Waals surface area contributed by atoms with Crippen LogP contribution < -0.4 is 10.1 Å². The van der Waals surface area contributed by atoms with Crippen LogP contribution in [0.4, 0.5) is 0 Å².